The molecule has 5 heteroatoms. The van der Waals surface area contributed by atoms with E-state index in [0.717, 1.165) is 0 Å². The molecule has 1 saturated carbocycles. The molecule has 3 nitrogen and oxygen atoms in total. The Kier molecular flexibility index (Phi) is 5.49. The maximum absolute atomic E-state index is 11.8. The van der Waals surface area contributed by atoms with Crippen LogP contribution in [0.15, 0.2) is 18.2 Å². The molecule has 1 aromatic rings. The molecule has 0 radical (unpaired) electrons. The molecular formula is C14H18Cl2N2O. The molecule has 1 aliphatic carbocycles. The molecule has 0 unspecified atom stereocenters. The number of hydrogen-bond acceptors (Lipinski definition) is 2. The Morgan fingerprint density at radius 3 is 2.58 bits per heavy atom. The molecular weight excluding hydrogens is 283 g/mol. The second-order valence-corrected chi connectivity index (χ2v) is 5.71. The van der Waals surface area contributed by atoms with E-state index in [1.165, 1.54) is 32.1 Å². The van der Waals surface area contributed by atoms with Gasteiger partial charge in [0.2, 0.25) is 5.91 Å². The zero-order chi connectivity index (χ0) is 13.7. The van der Waals surface area contributed by atoms with Gasteiger partial charge in [0, 0.05) is 11.7 Å². The van der Waals surface area contributed by atoms with Gasteiger partial charge < -0.3 is 10.6 Å². The highest BCUT2D eigenvalue weighted by Crippen LogP contribution is 2.24. The number of rotatable bonds is 4. The van der Waals surface area contributed by atoms with Gasteiger partial charge in [-0.1, -0.05) is 42.5 Å². The van der Waals surface area contributed by atoms with Gasteiger partial charge in [-0.2, -0.15) is 0 Å². The number of amides is 1. The summed E-state index contributed by atoms with van der Waals surface area (Å²) in [4.78, 5) is 11.8. The van der Waals surface area contributed by atoms with Crippen LogP contribution in [0.25, 0.3) is 0 Å². The van der Waals surface area contributed by atoms with Crippen molar-refractivity contribution in [1.82, 2.24) is 5.32 Å². The van der Waals surface area contributed by atoms with E-state index in [-0.39, 0.29) is 5.91 Å². The van der Waals surface area contributed by atoms with Gasteiger partial charge in [-0.05, 0) is 31.0 Å². The van der Waals surface area contributed by atoms with E-state index >= 15 is 0 Å². The van der Waals surface area contributed by atoms with E-state index < -0.39 is 0 Å². The van der Waals surface area contributed by atoms with Gasteiger partial charge in [0.25, 0.3) is 0 Å². The van der Waals surface area contributed by atoms with E-state index in [1.807, 2.05) is 0 Å². The van der Waals surface area contributed by atoms with Crippen molar-refractivity contribution >= 4 is 34.8 Å². The lowest BCUT2D eigenvalue weighted by molar-refractivity contribution is -0.115. The third-order valence-electron chi connectivity index (χ3n) is 3.36. The van der Waals surface area contributed by atoms with E-state index in [1.54, 1.807) is 18.2 Å². The van der Waals surface area contributed by atoms with E-state index in [0.29, 0.717) is 28.3 Å². The van der Waals surface area contributed by atoms with Gasteiger partial charge in [0.05, 0.1) is 16.6 Å². The Balaban J connectivity index is 1.78. The van der Waals surface area contributed by atoms with Crippen LogP contribution in [0.3, 0.4) is 0 Å². The van der Waals surface area contributed by atoms with Crippen molar-refractivity contribution in [2.75, 3.05) is 11.9 Å². The van der Waals surface area contributed by atoms with Crippen LogP contribution in [0.5, 0.6) is 0 Å². The van der Waals surface area contributed by atoms with E-state index in [2.05, 4.69) is 10.6 Å². The molecule has 1 aromatic carbocycles. The summed E-state index contributed by atoms with van der Waals surface area (Å²) in [5.74, 6) is -0.0519. The van der Waals surface area contributed by atoms with Crippen LogP contribution < -0.4 is 10.6 Å². The molecule has 0 heterocycles. The summed E-state index contributed by atoms with van der Waals surface area (Å²) >= 11 is 11.7. The Morgan fingerprint density at radius 1 is 1.16 bits per heavy atom. The zero-order valence-electron chi connectivity index (χ0n) is 10.7. The minimum Gasteiger partial charge on any atom is -0.325 e. The molecule has 1 fully saturated rings. The first-order chi connectivity index (χ1) is 9.15. The second-order valence-electron chi connectivity index (χ2n) is 4.89. The lowest BCUT2D eigenvalue weighted by Crippen LogP contribution is -2.37. The van der Waals surface area contributed by atoms with Crippen LogP contribution in [0.2, 0.25) is 10.0 Å². The molecule has 1 amide bonds. The van der Waals surface area contributed by atoms with Crippen molar-refractivity contribution in [3.63, 3.8) is 0 Å². The Labute approximate surface area is 123 Å². The predicted molar refractivity (Wildman–Crippen MR) is 80.0 cm³/mol. The number of carbonyl (C=O) groups is 1. The molecule has 0 atom stereocenters. The summed E-state index contributed by atoms with van der Waals surface area (Å²) in [6.45, 7) is 0.338. The van der Waals surface area contributed by atoms with Crippen LogP contribution in [-0.4, -0.2) is 18.5 Å². The molecule has 0 aliphatic heterocycles. The van der Waals surface area contributed by atoms with Crippen molar-refractivity contribution < 1.29 is 4.79 Å². The van der Waals surface area contributed by atoms with Crippen LogP contribution >= 0.6 is 23.2 Å². The summed E-state index contributed by atoms with van der Waals surface area (Å²) in [7, 11) is 0. The van der Waals surface area contributed by atoms with Gasteiger partial charge >= 0.3 is 0 Å². The molecule has 2 N–H and O–H groups in total. The Hall–Kier alpha value is -0.770. The van der Waals surface area contributed by atoms with Crippen molar-refractivity contribution in [3.8, 4) is 0 Å². The van der Waals surface area contributed by atoms with Crippen molar-refractivity contribution in [2.24, 2.45) is 0 Å². The van der Waals surface area contributed by atoms with Crippen LogP contribution in [0.4, 0.5) is 5.69 Å². The average molecular weight is 301 g/mol. The number of carbonyl (C=O) groups excluding carboxylic acids is 1. The van der Waals surface area contributed by atoms with Crippen LogP contribution in [0.1, 0.15) is 32.1 Å². The van der Waals surface area contributed by atoms with Gasteiger partial charge in [-0.15, -0.1) is 0 Å². The first kappa shape index (κ1) is 14.6. The van der Waals surface area contributed by atoms with Gasteiger partial charge in [0.1, 0.15) is 0 Å². The summed E-state index contributed by atoms with van der Waals surface area (Å²) in [6, 6.07) is 5.55. The fraction of sp³-hybridized carbons (Fsp3) is 0.500. The van der Waals surface area contributed by atoms with Crippen LogP contribution in [-0.2, 0) is 4.79 Å². The monoisotopic (exact) mass is 300 g/mol. The SMILES string of the molecule is O=C(CNC1CCCCC1)Nc1ccc(Cl)c(Cl)c1. The predicted octanol–water partition coefficient (Wildman–Crippen LogP) is 3.85. The molecule has 0 saturated heterocycles. The Morgan fingerprint density at radius 2 is 1.89 bits per heavy atom. The smallest absolute Gasteiger partial charge is 0.238 e. The van der Waals surface area contributed by atoms with E-state index in [4.69, 9.17) is 23.2 Å². The van der Waals surface area contributed by atoms with Gasteiger partial charge in [-0.3, -0.25) is 4.79 Å². The maximum atomic E-state index is 11.8. The number of halogens is 2. The molecule has 0 bridgehead atoms. The summed E-state index contributed by atoms with van der Waals surface area (Å²) < 4.78 is 0. The highest BCUT2D eigenvalue weighted by atomic mass is 35.5. The third kappa shape index (κ3) is 4.68. The van der Waals surface area contributed by atoms with Crippen molar-refractivity contribution in [1.29, 1.82) is 0 Å². The molecule has 2 rings (SSSR count). The number of nitrogens with one attached hydrogen (secondary N) is 2. The molecule has 0 aromatic heterocycles. The topological polar surface area (TPSA) is 41.1 Å². The number of benzene rings is 1. The quantitative estimate of drug-likeness (QED) is 0.886. The van der Waals surface area contributed by atoms with Gasteiger partial charge in [0.15, 0.2) is 0 Å². The second kappa shape index (κ2) is 7.13. The summed E-state index contributed by atoms with van der Waals surface area (Å²) in [6.07, 6.45) is 6.16. The summed E-state index contributed by atoms with van der Waals surface area (Å²) in [5.41, 5.74) is 0.671. The average Bonchev–Trinajstić information content (AvgIpc) is 2.42. The maximum Gasteiger partial charge on any atom is 0.238 e. The normalized spacial score (nSPS) is 16.3. The fourth-order valence-electron chi connectivity index (χ4n) is 2.32. The molecule has 19 heavy (non-hydrogen) atoms. The van der Waals surface area contributed by atoms with Crippen molar-refractivity contribution in [3.05, 3.63) is 28.2 Å². The third-order valence-corrected chi connectivity index (χ3v) is 4.10. The van der Waals surface area contributed by atoms with Crippen molar-refractivity contribution in [2.45, 2.75) is 38.1 Å². The fourth-order valence-corrected chi connectivity index (χ4v) is 2.62. The van der Waals surface area contributed by atoms with E-state index in [9.17, 15) is 4.79 Å². The lowest BCUT2D eigenvalue weighted by atomic mass is 9.95. The highest BCUT2D eigenvalue weighted by molar-refractivity contribution is 6.42. The minimum atomic E-state index is -0.0519. The largest absolute Gasteiger partial charge is 0.325 e. The standard InChI is InChI=1S/C14H18Cl2N2O/c15-12-7-6-11(8-13(12)16)18-14(19)9-17-10-4-2-1-3-5-10/h6-8,10,17H,1-5,9H2,(H,18,19). The van der Waals surface area contributed by atoms with Gasteiger partial charge in [-0.25, -0.2) is 0 Å². The first-order valence-electron chi connectivity index (χ1n) is 6.63. The van der Waals surface area contributed by atoms with Crippen LogP contribution in [0, 0.1) is 0 Å². The summed E-state index contributed by atoms with van der Waals surface area (Å²) in [5, 5.41) is 7.03. The lowest BCUT2D eigenvalue weighted by Gasteiger charge is -2.22. The first-order valence-corrected chi connectivity index (χ1v) is 7.39. The molecule has 0 spiro atoms. The number of anilines is 1. The highest BCUT2D eigenvalue weighted by Gasteiger charge is 2.14. The number of hydrogen-bond donors (Lipinski definition) is 2. The molecule has 1 aliphatic rings. The zero-order valence-corrected chi connectivity index (χ0v) is 12.2. The molecule has 104 valence electrons. The Bertz CT molecular complexity index is 445. The minimum absolute atomic E-state index is 0.0519.